The third kappa shape index (κ3) is 5.76. The van der Waals surface area contributed by atoms with Crippen LogP contribution in [0.2, 0.25) is 0 Å². The van der Waals surface area contributed by atoms with E-state index in [-0.39, 0.29) is 34.0 Å². The smallest absolute Gasteiger partial charge is 0.347 e. The number of benzene rings is 4. The SMILES string of the molecule is O=C(Oc1ccc(Nc2c([N+](=O)[O-])cc(C(=O)N3CCCCC3)cc2[N+](=O)[O-])cc1)c1cc2ccccc2cc1O. The summed E-state index contributed by atoms with van der Waals surface area (Å²) in [4.78, 5) is 49.4. The van der Waals surface area contributed by atoms with Crippen LogP contribution in [0.4, 0.5) is 22.7 Å². The van der Waals surface area contributed by atoms with Gasteiger partial charge in [0, 0.05) is 30.9 Å². The van der Waals surface area contributed by atoms with Crippen molar-refractivity contribution in [2.45, 2.75) is 19.3 Å². The number of rotatable bonds is 7. The Hall–Kier alpha value is -5.52. The molecule has 0 aromatic heterocycles. The normalized spacial score (nSPS) is 13.0. The molecule has 41 heavy (non-hydrogen) atoms. The molecule has 1 aliphatic heterocycles. The first kappa shape index (κ1) is 27.1. The van der Waals surface area contributed by atoms with Gasteiger partial charge in [-0.3, -0.25) is 25.0 Å². The van der Waals surface area contributed by atoms with Crippen LogP contribution in [-0.2, 0) is 0 Å². The minimum atomic E-state index is -0.797. The van der Waals surface area contributed by atoms with E-state index in [0.29, 0.717) is 13.1 Å². The van der Waals surface area contributed by atoms with Gasteiger partial charge < -0.3 is 20.1 Å². The average Bonchev–Trinajstić information content (AvgIpc) is 2.97. The fourth-order valence-electron chi connectivity index (χ4n) is 4.74. The Morgan fingerprint density at radius 3 is 2.00 bits per heavy atom. The minimum absolute atomic E-state index is 0.0312. The molecule has 5 rings (SSSR count). The molecule has 0 saturated carbocycles. The van der Waals surface area contributed by atoms with Crippen molar-refractivity contribution in [3.8, 4) is 11.5 Å². The number of nitro groups is 2. The summed E-state index contributed by atoms with van der Waals surface area (Å²) in [5.74, 6) is -1.42. The van der Waals surface area contributed by atoms with Gasteiger partial charge in [-0.15, -0.1) is 0 Å². The van der Waals surface area contributed by atoms with Gasteiger partial charge in [0.05, 0.1) is 15.4 Å². The zero-order valence-electron chi connectivity index (χ0n) is 21.6. The molecule has 2 N–H and O–H groups in total. The van der Waals surface area contributed by atoms with Gasteiger partial charge in [0.2, 0.25) is 0 Å². The number of likely N-dealkylation sites (tertiary alicyclic amines) is 1. The lowest BCUT2D eigenvalue weighted by molar-refractivity contribution is -0.392. The molecule has 1 aliphatic rings. The number of carbonyl (C=O) groups excluding carboxylic acids is 2. The Morgan fingerprint density at radius 1 is 0.829 bits per heavy atom. The first-order chi connectivity index (χ1) is 19.7. The number of hydrogen-bond donors (Lipinski definition) is 2. The number of nitrogens with one attached hydrogen (secondary N) is 1. The van der Waals surface area contributed by atoms with E-state index in [4.69, 9.17) is 4.74 Å². The topological polar surface area (TPSA) is 165 Å². The van der Waals surface area contributed by atoms with E-state index in [0.717, 1.165) is 42.2 Å². The van der Waals surface area contributed by atoms with Gasteiger partial charge in [0.1, 0.15) is 17.1 Å². The molecule has 0 atom stereocenters. The molecule has 0 aliphatic carbocycles. The van der Waals surface area contributed by atoms with Gasteiger partial charge >= 0.3 is 17.3 Å². The molecule has 12 heteroatoms. The highest BCUT2D eigenvalue weighted by Gasteiger charge is 2.30. The van der Waals surface area contributed by atoms with E-state index in [2.05, 4.69) is 5.32 Å². The maximum absolute atomic E-state index is 12.9. The molecular weight excluding hydrogens is 532 g/mol. The second-order valence-electron chi connectivity index (χ2n) is 9.51. The predicted molar refractivity (Wildman–Crippen MR) is 150 cm³/mol. The largest absolute Gasteiger partial charge is 0.507 e. The maximum Gasteiger partial charge on any atom is 0.347 e. The van der Waals surface area contributed by atoms with E-state index in [1.165, 1.54) is 41.3 Å². The van der Waals surface area contributed by atoms with Gasteiger partial charge in [-0.1, -0.05) is 24.3 Å². The fraction of sp³-hybridized carbons (Fsp3) is 0.172. The molecule has 0 unspecified atom stereocenters. The Labute approximate surface area is 233 Å². The number of piperidine rings is 1. The highest BCUT2D eigenvalue weighted by molar-refractivity contribution is 6.00. The summed E-state index contributed by atoms with van der Waals surface area (Å²) in [7, 11) is 0. The molecule has 0 bridgehead atoms. The van der Waals surface area contributed by atoms with Crippen molar-refractivity contribution in [1.29, 1.82) is 0 Å². The predicted octanol–water partition coefficient (Wildman–Crippen LogP) is 5.95. The van der Waals surface area contributed by atoms with Crippen LogP contribution in [0, 0.1) is 20.2 Å². The molecule has 12 nitrogen and oxygen atoms in total. The van der Waals surface area contributed by atoms with Crippen molar-refractivity contribution in [3.63, 3.8) is 0 Å². The van der Waals surface area contributed by atoms with E-state index < -0.39 is 33.1 Å². The van der Waals surface area contributed by atoms with Crippen molar-refractivity contribution < 1.29 is 29.3 Å². The van der Waals surface area contributed by atoms with Crippen LogP contribution in [0.1, 0.15) is 40.0 Å². The first-order valence-corrected chi connectivity index (χ1v) is 12.8. The van der Waals surface area contributed by atoms with Crippen molar-refractivity contribution in [3.05, 3.63) is 104 Å². The van der Waals surface area contributed by atoms with E-state index in [1.54, 1.807) is 18.2 Å². The second-order valence-corrected chi connectivity index (χ2v) is 9.51. The second kappa shape index (κ2) is 11.3. The molecule has 1 saturated heterocycles. The Balaban J connectivity index is 1.38. The molecule has 0 spiro atoms. The van der Waals surface area contributed by atoms with Crippen LogP contribution in [-0.4, -0.2) is 44.8 Å². The molecule has 1 amide bonds. The number of anilines is 2. The lowest BCUT2D eigenvalue weighted by atomic mass is 10.1. The number of fused-ring (bicyclic) bond motifs is 1. The van der Waals surface area contributed by atoms with Gasteiger partial charge in [-0.05, 0) is 66.4 Å². The van der Waals surface area contributed by atoms with Crippen LogP contribution in [0.3, 0.4) is 0 Å². The van der Waals surface area contributed by atoms with Crippen LogP contribution < -0.4 is 10.1 Å². The van der Waals surface area contributed by atoms with Crippen molar-refractivity contribution in [1.82, 2.24) is 4.90 Å². The lowest BCUT2D eigenvalue weighted by Gasteiger charge is -2.26. The number of hydrogen-bond acceptors (Lipinski definition) is 9. The van der Waals surface area contributed by atoms with Crippen LogP contribution in [0.5, 0.6) is 11.5 Å². The number of amides is 1. The van der Waals surface area contributed by atoms with Crippen LogP contribution >= 0.6 is 0 Å². The fourth-order valence-corrected chi connectivity index (χ4v) is 4.74. The van der Waals surface area contributed by atoms with E-state index in [9.17, 15) is 34.9 Å². The highest BCUT2D eigenvalue weighted by Crippen LogP contribution is 2.38. The molecular formula is C29H24N4O8. The third-order valence-electron chi connectivity index (χ3n) is 6.80. The summed E-state index contributed by atoms with van der Waals surface area (Å²) < 4.78 is 5.37. The Bertz CT molecular complexity index is 1650. The van der Waals surface area contributed by atoms with Gasteiger partial charge in [-0.25, -0.2) is 4.79 Å². The molecule has 4 aromatic rings. The number of esters is 1. The molecule has 0 radical (unpaired) electrons. The number of carbonyl (C=O) groups is 2. The Morgan fingerprint density at radius 2 is 1.41 bits per heavy atom. The average molecular weight is 557 g/mol. The summed E-state index contributed by atoms with van der Waals surface area (Å²) in [5.41, 5.74) is -1.56. The van der Waals surface area contributed by atoms with Crippen molar-refractivity contribution in [2.75, 3.05) is 18.4 Å². The quantitative estimate of drug-likeness (QED) is 0.121. The van der Waals surface area contributed by atoms with E-state index >= 15 is 0 Å². The minimum Gasteiger partial charge on any atom is -0.507 e. The van der Waals surface area contributed by atoms with Crippen molar-refractivity contribution >= 4 is 45.4 Å². The maximum atomic E-state index is 12.9. The number of phenols is 1. The molecule has 208 valence electrons. The first-order valence-electron chi connectivity index (χ1n) is 12.8. The standard InChI is InChI=1S/C29H24N4O8/c34-26-17-19-7-3-2-6-18(19)14-23(26)29(36)41-22-10-8-21(9-11-22)30-27-24(32(37)38)15-20(16-25(27)33(39)40)28(35)31-12-4-1-5-13-31/h2-3,6-11,14-17,30,34H,1,4-5,12-13H2. The number of nitrogens with zero attached hydrogens (tertiary/aromatic N) is 3. The van der Waals surface area contributed by atoms with Crippen LogP contribution in [0.15, 0.2) is 72.8 Å². The summed E-state index contributed by atoms with van der Waals surface area (Å²) in [6.45, 7) is 0.968. The summed E-state index contributed by atoms with van der Waals surface area (Å²) in [6, 6.07) is 17.9. The summed E-state index contributed by atoms with van der Waals surface area (Å²) in [6.07, 6.45) is 2.56. The molecule has 1 fully saturated rings. The Kier molecular flexibility index (Phi) is 7.46. The van der Waals surface area contributed by atoms with E-state index in [1.807, 2.05) is 6.07 Å². The summed E-state index contributed by atoms with van der Waals surface area (Å²) in [5, 5.41) is 38.3. The lowest BCUT2D eigenvalue weighted by Crippen LogP contribution is -2.35. The monoisotopic (exact) mass is 556 g/mol. The number of ether oxygens (including phenoxy) is 1. The van der Waals surface area contributed by atoms with Crippen molar-refractivity contribution in [2.24, 2.45) is 0 Å². The number of phenolic OH excluding ortho intramolecular Hbond substituents is 1. The zero-order valence-corrected chi connectivity index (χ0v) is 21.6. The molecule has 4 aromatic carbocycles. The van der Waals surface area contributed by atoms with Gasteiger partial charge in [0.15, 0.2) is 5.69 Å². The highest BCUT2D eigenvalue weighted by atomic mass is 16.6. The number of nitro benzene ring substituents is 2. The van der Waals surface area contributed by atoms with Crippen LogP contribution in [0.25, 0.3) is 10.8 Å². The summed E-state index contributed by atoms with van der Waals surface area (Å²) >= 11 is 0. The number of aromatic hydroxyl groups is 1. The zero-order chi connectivity index (χ0) is 29.1. The van der Waals surface area contributed by atoms with Gasteiger partial charge in [0.25, 0.3) is 5.91 Å². The third-order valence-corrected chi connectivity index (χ3v) is 6.80. The molecule has 1 heterocycles. The van der Waals surface area contributed by atoms with Gasteiger partial charge in [-0.2, -0.15) is 0 Å².